The average Bonchev–Trinajstić information content (AvgIpc) is 2.65. The van der Waals surface area contributed by atoms with Crippen LogP contribution in [0.15, 0.2) is 12.5 Å². The van der Waals surface area contributed by atoms with Crippen LogP contribution in [0.1, 0.15) is 19.3 Å². The highest BCUT2D eigenvalue weighted by Crippen LogP contribution is 2.09. The highest BCUT2D eigenvalue weighted by Gasteiger charge is 2.16. The lowest BCUT2D eigenvalue weighted by molar-refractivity contribution is -0.132. The van der Waals surface area contributed by atoms with Crippen molar-refractivity contribution in [2.75, 3.05) is 18.8 Å². The molecule has 2 heterocycles. The summed E-state index contributed by atoms with van der Waals surface area (Å²) in [6.45, 7) is 2.14. The second-order valence-corrected chi connectivity index (χ2v) is 3.91. The van der Waals surface area contributed by atoms with Crippen molar-refractivity contribution in [3.05, 3.63) is 12.5 Å². The number of amides is 1. The van der Waals surface area contributed by atoms with Crippen LogP contribution >= 0.6 is 0 Å². The quantitative estimate of drug-likeness (QED) is 0.768. The number of nitrogens with zero attached hydrogens (tertiary/aromatic N) is 3. The summed E-state index contributed by atoms with van der Waals surface area (Å²) < 4.78 is 1.73. The van der Waals surface area contributed by atoms with Crippen molar-refractivity contribution >= 4 is 11.7 Å². The summed E-state index contributed by atoms with van der Waals surface area (Å²) >= 11 is 0. The monoisotopic (exact) mass is 208 g/mol. The standard InChI is InChI=1S/C10H16N4O/c11-9-6-13(8-12-9)7-10(15)14-4-2-1-3-5-14/h6,8H,1-5,7,11H2. The summed E-state index contributed by atoms with van der Waals surface area (Å²) in [4.78, 5) is 17.6. The van der Waals surface area contributed by atoms with Crippen molar-refractivity contribution < 1.29 is 4.79 Å². The summed E-state index contributed by atoms with van der Waals surface area (Å²) in [6, 6.07) is 0. The van der Waals surface area contributed by atoms with Gasteiger partial charge in [-0.1, -0.05) is 0 Å². The van der Waals surface area contributed by atoms with Gasteiger partial charge in [-0.15, -0.1) is 0 Å². The minimum Gasteiger partial charge on any atom is -0.382 e. The molecule has 1 aromatic rings. The van der Waals surface area contributed by atoms with Crippen LogP contribution in [-0.2, 0) is 11.3 Å². The van der Waals surface area contributed by atoms with E-state index in [0.29, 0.717) is 12.4 Å². The predicted octanol–water partition coefficient (Wildman–Crippen LogP) is 0.478. The average molecular weight is 208 g/mol. The first-order chi connectivity index (χ1) is 7.25. The molecule has 0 spiro atoms. The summed E-state index contributed by atoms with van der Waals surface area (Å²) in [5, 5.41) is 0. The maximum Gasteiger partial charge on any atom is 0.242 e. The van der Waals surface area contributed by atoms with Gasteiger partial charge in [-0.2, -0.15) is 0 Å². The molecular formula is C10H16N4O. The van der Waals surface area contributed by atoms with Crippen LogP contribution in [0.2, 0.25) is 0 Å². The van der Waals surface area contributed by atoms with E-state index in [-0.39, 0.29) is 5.91 Å². The van der Waals surface area contributed by atoms with Crippen LogP contribution in [0.4, 0.5) is 5.82 Å². The first-order valence-electron chi connectivity index (χ1n) is 5.31. The van der Waals surface area contributed by atoms with Crippen molar-refractivity contribution in [2.24, 2.45) is 0 Å². The number of hydrogen-bond acceptors (Lipinski definition) is 3. The summed E-state index contributed by atoms with van der Waals surface area (Å²) in [7, 11) is 0. The van der Waals surface area contributed by atoms with Gasteiger partial charge in [0, 0.05) is 19.3 Å². The molecule has 1 saturated heterocycles. The van der Waals surface area contributed by atoms with Crippen LogP contribution in [0.3, 0.4) is 0 Å². The third-order valence-electron chi connectivity index (χ3n) is 2.68. The number of carbonyl (C=O) groups is 1. The molecule has 15 heavy (non-hydrogen) atoms. The largest absolute Gasteiger partial charge is 0.382 e. The zero-order valence-electron chi connectivity index (χ0n) is 8.72. The molecule has 5 heteroatoms. The Hall–Kier alpha value is -1.52. The number of carbonyl (C=O) groups excluding carboxylic acids is 1. The van der Waals surface area contributed by atoms with Crippen LogP contribution in [0, 0.1) is 0 Å². The Morgan fingerprint density at radius 2 is 2.13 bits per heavy atom. The van der Waals surface area contributed by atoms with Crippen LogP contribution in [0.25, 0.3) is 0 Å². The van der Waals surface area contributed by atoms with E-state index in [4.69, 9.17) is 5.73 Å². The molecule has 0 saturated carbocycles. The first kappa shape index (κ1) is 10.0. The van der Waals surface area contributed by atoms with Gasteiger partial charge in [-0.25, -0.2) is 4.98 Å². The maximum absolute atomic E-state index is 11.8. The maximum atomic E-state index is 11.8. The molecule has 1 fully saturated rings. The van der Waals surface area contributed by atoms with E-state index in [0.717, 1.165) is 25.9 Å². The Bertz CT molecular complexity index is 341. The van der Waals surface area contributed by atoms with Crippen molar-refractivity contribution in [2.45, 2.75) is 25.8 Å². The Balaban J connectivity index is 1.91. The molecule has 0 bridgehead atoms. The molecule has 0 aliphatic carbocycles. The number of nitrogens with two attached hydrogens (primary N) is 1. The van der Waals surface area contributed by atoms with E-state index in [9.17, 15) is 4.79 Å². The molecule has 0 atom stereocenters. The molecule has 82 valence electrons. The smallest absolute Gasteiger partial charge is 0.242 e. The molecule has 1 aliphatic heterocycles. The number of anilines is 1. The van der Waals surface area contributed by atoms with E-state index in [2.05, 4.69) is 4.98 Å². The van der Waals surface area contributed by atoms with Gasteiger partial charge in [0.2, 0.25) is 5.91 Å². The fraction of sp³-hybridized carbons (Fsp3) is 0.600. The zero-order chi connectivity index (χ0) is 10.7. The first-order valence-corrected chi connectivity index (χ1v) is 5.31. The van der Waals surface area contributed by atoms with Crippen molar-refractivity contribution in [1.82, 2.24) is 14.5 Å². The normalized spacial score (nSPS) is 16.7. The topological polar surface area (TPSA) is 64.2 Å². The number of hydrogen-bond donors (Lipinski definition) is 1. The lowest BCUT2D eigenvalue weighted by atomic mass is 10.1. The SMILES string of the molecule is Nc1cn(CC(=O)N2CCCCC2)cn1. The number of likely N-dealkylation sites (tertiary alicyclic amines) is 1. The van der Waals surface area contributed by atoms with Gasteiger partial charge in [0.15, 0.2) is 0 Å². The molecule has 0 radical (unpaired) electrons. The molecule has 1 aromatic heterocycles. The number of imidazole rings is 1. The molecule has 2 rings (SSSR count). The molecular weight excluding hydrogens is 192 g/mol. The summed E-state index contributed by atoms with van der Waals surface area (Å²) in [6.07, 6.45) is 6.76. The van der Waals surface area contributed by atoms with Gasteiger partial charge in [0.1, 0.15) is 12.4 Å². The number of piperidine rings is 1. The number of nitrogen functional groups attached to an aromatic ring is 1. The lowest BCUT2D eigenvalue weighted by Gasteiger charge is -2.26. The van der Waals surface area contributed by atoms with Crippen molar-refractivity contribution in [3.63, 3.8) is 0 Å². The molecule has 1 amide bonds. The molecule has 0 aromatic carbocycles. The molecule has 2 N–H and O–H groups in total. The van der Waals surface area contributed by atoms with Gasteiger partial charge in [0.05, 0.1) is 6.33 Å². The molecule has 1 aliphatic rings. The summed E-state index contributed by atoms with van der Waals surface area (Å²) in [5.74, 6) is 0.619. The van der Waals surface area contributed by atoms with Gasteiger partial charge in [-0.3, -0.25) is 4.79 Å². The fourth-order valence-corrected chi connectivity index (χ4v) is 1.86. The van der Waals surface area contributed by atoms with E-state index < -0.39 is 0 Å². The Morgan fingerprint density at radius 1 is 1.40 bits per heavy atom. The molecule has 0 unspecified atom stereocenters. The number of aromatic nitrogens is 2. The van der Waals surface area contributed by atoms with E-state index >= 15 is 0 Å². The van der Waals surface area contributed by atoms with Crippen LogP contribution in [0.5, 0.6) is 0 Å². The van der Waals surface area contributed by atoms with E-state index in [1.54, 1.807) is 17.1 Å². The number of rotatable bonds is 2. The van der Waals surface area contributed by atoms with Crippen LogP contribution in [-0.4, -0.2) is 33.4 Å². The minimum absolute atomic E-state index is 0.159. The van der Waals surface area contributed by atoms with Gasteiger partial charge in [0.25, 0.3) is 0 Å². The summed E-state index contributed by atoms with van der Waals surface area (Å²) in [5.41, 5.74) is 5.48. The minimum atomic E-state index is 0.159. The second kappa shape index (κ2) is 4.33. The lowest BCUT2D eigenvalue weighted by Crippen LogP contribution is -2.37. The highest BCUT2D eigenvalue weighted by molar-refractivity contribution is 5.76. The zero-order valence-corrected chi connectivity index (χ0v) is 8.72. The molecule has 5 nitrogen and oxygen atoms in total. The van der Waals surface area contributed by atoms with E-state index in [1.165, 1.54) is 6.42 Å². The van der Waals surface area contributed by atoms with Crippen molar-refractivity contribution in [3.8, 4) is 0 Å². The van der Waals surface area contributed by atoms with Crippen molar-refractivity contribution in [1.29, 1.82) is 0 Å². The second-order valence-electron chi connectivity index (χ2n) is 3.91. The third kappa shape index (κ3) is 2.49. The van der Waals surface area contributed by atoms with Gasteiger partial charge < -0.3 is 15.2 Å². The predicted molar refractivity (Wildman–Crippen MR) is 57.1 cm³/mol. The Morgan fingerprint density at radius 3 is 2.73 bits per heavy atom. The van der Waals surface area contributed by atoms with Crippen LogP contribution < -0.4 is 5.73 Å². The van der Waals surface area contributed by atoms with E-state index in [1.807, 2.05) is 4.90 Å². The Labute approximate surface area is 88.9 Å². The fourth-order valence-electron chi connectivity index (χ4n) is 1.86. The highest BCUT2D eigenvalue weighted by atomic mass is 16.2. The van der Waals surface area contributed by atoms with Gasteiger partial charge >= 0.3 is 0 Å². The van der Waals surface area contributed by atoms with Gasteiger partial charge in [-0.05, 0) is 19.3 Å². The third-order valence-corrected chi connectivity index (χ3v) is 2.68. The Kier molecular flexibility index (Phi) is 2.89.